The third kappa shape index (κ3) is 2.38. The van der Waals surface area contributed by atoms with Gasteiger partial charge >= 0.3 is 0 Å². The fourth-order valence-corrected chi connectivity index (χ4v) is 9.68. The topological polar surface area (TPSA) is 18.5 Å². The summed E-state index contributed by atoms with van der Waals surface area (Å²) in [7, 11) is 0. The van der Waals surface area contributed by atoms with Crippen LogP contribution in [0.2, 0.25) is 0 Å². The van der Waals surface area contributed by atoms with Gasteiger partial charge in [-0.1, -0.05) is 84.6 Å². The Labute approximate surface area is 191 Å². The van der Waals surface area contributed by atoms with Crippen molar-refractivity contribution >= 4 is 44.5 Å². The van der Waals surface area contributed by atoms with Gasteiger partial charge in [0.25, 0.3) is 0 Å². The Hall–Kier alpha value is -3.39. The Bertz CT molecular complexity index is 1590. The van der Waals surface area contributed by atoms with Gasteiger partial charge in [-0.15, -0.1) is 0 Å². The van der Waals surface area contributed by atoms with Crippen LogP contribution in [0.5, 0.6) is 23.0 Å². The van der Waals surface area contributed by atoms with E-state index in [1.165, 1.54) is 5.39 Å². The molecule has 0 radical (unpaired) electrons. The van der Waals surface area contributed by atoms with E-state index in [1.807, 2.05) is 30.3 Å². The van der Waals surface area contributed by atoms with Gasteiger partial charge in [0.1, 0.15) is 23.0 Å². The molecular formula is C28H17O2PS. The second-order valence-corrected chi connectivity index (χ2v) is 12.3. The van der Waals surface area contributed by atoms with E-state index in [4.69, 9.17) is 21.3 Å². The molecule has 0 saturated carbocycles. The lowest BCUT2D eigenvalue weighted by Crippen LogP contribution is -2.35. The van der Waals surface area contributed by atoms with Crippen molar-refractivity contribution in [3.05, 3.63) is 103 Å². The molecule has 0 aliphatic carbocycles. The first kappa shape index (κ1) is 18.2. The molecule has 1 atom stereocenters. The molecule has 4 heteroatoms. The fourth-order valence-electron chi connectivity index (χ4n) is 4.88. The summed E-state index contributed by atoms with van der Waals surface area (Å²) in [4.78, 5) is 0. The molecule has 152 valence electrons. The van der Waals surface area contributed by atoms with Crippen LogP contribution in [0.4, 0.5) is 0 Å². The molecule has 5 aromatic rings. The minimum atomic E-state index is -2.39. The molecule has 0 fully saturated rings. The third-order valence-electron chi connectivity index (χ3n) is 6.28. The van der Waals surface area contributed by atoms with E-state index in [0.717, 1.165) is 55.4 Å². The molecule has 2 aliphatic rings. The Morgan fingerprint density at radius 3 is 2.06 bits per heavy atom. The van der Waals surface area contributed by atoms with Gasteiger partial charge in [0.2, 0.25) is 0 Å². The number of para-hydroxylation sites is 1. The molecule has 2 aliphatic heterocycles. The summed E-state index contributed by atoms with van der Waals surface area (Å²) in [6.45, 7) is 0. The van der Waals surface area contributed by atoms with Crippen molar-refractivity contribution in [1.29, 1.82) is 0 Å². The standard InChI is InChI=1S/C28H17O2PS/c32-31-26-13-7-6-12-22(26)29-24-16-20(18-8-2-1-3-9-18)17-25(28(24)31)30-23-15-14-19-10-4-5-11-21(19)27(23)31/h1-17H. The second kappa shape index (κ2) is 6.56. The first-order chi connectivity index (χ1) is 15.7. The minimum absolute atomic E-state index is 0.807. The molecule has 0 bridgehead atoms. The average molecular weight is 448 g/mol. The fraction of sp³-hybridized carbons (Fsp3) is 0. The van der Waals surface area contributed by atoms with Crippen LogP contribution in [0.1, 0.15) is 0 Å². The molecule has 32 heavy (non-hydrogen) atoms. The van der Waals surface area contributed by atoms with Crippen molar-refractivity contribution in [2.24, 2.45) is 0 Å². The summed E-state index contributed by atoms with van der Waals surface area (Å²) in [5.74, 6) is 3.32. The quantitative estimate of drug-likeness (QED) is 0.268. The van der Waals surface area contributed by atoms with Crippen LogP contribution >= 0.6 is 6.04 Å². The highest BCUT2D eigenvalue weighted by Gasteiger charge is 2.43. The summed E-state index contributed by atoms with van der Waals surface area (Å²) in [5.41, 5.74) is 2.18. The maximum atomic E-state index is 6.70. The van der Waals surface area contributed by atoms with E-state index in [9.17, 15) is 0 Å². The number of benzene rings is 5. The van der Waals surface area contributed by atoms with E-state index in [-0.39, 0.29) is 0 Å². The van der Waals surface area contributed by atoms with E-state index in [0.29, 0.717) is 0 Å². The lowest BCUT2D eigenvalue weighted by atomic mass is 10.0. The Balaban J connectivity index is 1.61. The molecule has 0 amide bonds. The Morgan fingerprint density at radius 2 is 1.22 bits per heavy atom. The average Bonchev–Trinajstić information content (AvgIpc) is 2.84. The van der Waals surface area contributed by atoms with Crippen LogP contribution < -0.4 is 25.4 Å². The van der Waals surface area contributed by atoms with Crippen LogP contribution in [0.3, 0.4) is 0 Å². The largest absolute Gasteiger partial charge is 0.456 e. The van der Waals surface area contributed by atoms with Crippen molar-refractivity contribution in [2.45, 2.75) is 0 Å². The first-order valence-corrected chi connectivity index (χ1v) is 13.4. The molecule has 5 aromatic carbocycles. The highest BCUT2D eigenvalue weighted by molar-refractivity contribution is 8.26. The number of hydrogen-bond acceptors (Lipinski definition) is 3. The van der Waals surface area contributed by atoms with Gasteiger partial charge in [0.05, 0.1) is 11.3 Å². The Kier molecular flexibility index (Phi) is 3.73. The zero-order valence-electron chi connectivity index (χ0n) is 17.0. The lowest BCUT2D eigenvalue weighted by molar-refractivity contribution is 0.467. The monoisotopic (exact) mass is 448 g/mol. The van der Waals surface area contributed by atoms with Crippen molar-refractivity contribution in [3.8, 4) is 34.1 Å². The summed E-state index contributed by atoms with van der Waals surface area (Å²) >= 11 is 6.70. The van der Waals surface area contributed by atoms with Crippen LogP contribution in [0, 0.1) is 0 Å². The maximum Gasteiger partial charge on any atom is 0.140 e. The van der Waals surface area contributed by atoms with Gasteiger partial charge in [-0.2, -0.15) is 0 Å². The van der Waals surface area contributed by atoms with Gasteiger partial charge in [-0.05, 0) is 52.2 Å². The van der Waals surface area contributed by atoms with E-state index in [1.54, 1.807) is 0 Å². The van der Waals surface area contributed by atoms with Crippen LogP contribution in [-0.4, -0.2) is 0 Å². The highest BCUT2D eigenvalue weighted by Crippen LogP contribution is 2.60. The van der Waals surface area contributed by atoms with Crippen molar-refractivity contribution in [3.63, 3.8) is 0 Å². The van der Waals surface area contributed by atoms with Crippen molar-refractivity contribution in [2.75, 3.05) is 0 Å². The molecule has 2 heterocycles. The van der Waals surface area contributed by atoms with Gasteiger partial charge in [-0.25, -0.2) is 0 Å². The predicted octanol–water partition coefficient (Wildman–Crippen LogP) is 6.47. The molecule has 2 nitrogen and oxygen atoms in total. The number of hydrogen-bond donors (Lipinski definition) is 0. The van der Waals surface area contributed by atoms with Gasteiger partial charge < -0.3 is 9.47 Å². The van der Waals surface area contributed by atoms with Crippen molar-refractivity contribution < 1.29 is 9.47 Å². The Morgan fingerprint density at radius 1 is 0.531 bits per heavy atom. The third-order valence-corrected chi connectivity index (χ3v) is 11.2. The highest BCUT2D eigenvalue weighted by atomic mass is 32.4. The van der Waals surface area contributed by atoms with E-state index < -0.39 is 6.04 Å². The van der Waals surface area contributed by atoms with E-state index >= 15 is 0 Å². The SMILES string of the molecule is S=P12c3ccccc3Oc3cc(-c4ccccc4)cc(c31)Oc1ccc3ccccc3c12. The molecule has 1 unspecified atom stereocenters. The van der Waals surface area contributed by atoms with Crippen LogP contribution in [-0.2, 0) is 11.8 Å². The summed E-state index contributed by atoms with van der Waals surface area (Å²) in [6.07, 6.45) is 0. The van der Waals surface area contributed by atoms with Crippen LogP contribution in [0.15, 0.2) is 103 Å². The molecule has 0 N–H and O–H groups in total. The first-order valence-electron chi connectivity index (χ1n) is 10.6. The normalized spacial score (nSPS) is 17.5. The molecule has 7 rings (SSSR count). The second-order valence-electron chi connectivity index (χ2n) is 8.10. The van der Waals surface area contributed by atoms with Gasteiger partial charge in [0.15, 0.2) is 0 Å². The molecule has 0 saturated heterocycles. The number of fused-ring (bicyclic) bond motifs is 6. The van der Waals surface area contributed by atoms with E-state index in [2.05, 4.69) is 72.8 Å². The lowest BCUT2D eigenvalue weighted by Gasteiger charge is -2.38. The van der Waals surface area contributed by atoms with Crippen molar-refractivity contribution in [1.82, 2.24) is 0 Å². The molecule has 0 spiro atoms. The summed E-state index contributed by atoms with van der Waals surface area (Å²) in [6, 6.07) is 33.0. The smallest absolute Gasteiger partial charge is 0.140 e. The maximum absolute atomic E-state index is 6.70. The molecular weight excluding hydrogens is 431 g/mol. The predicted molar refractivity (Wildman–Crippen MR) is 136 cm³/mol. The summed E-state index contributed by atoms with van der Waals surface area (Å²) < 4.78 is 13.0. The number of ether oxygens (including phenoxy) is 2. The zero-order chi connectivity index (χ0) is 21.3. The molecule has 0 aromatic heterocycles. The zero-order valence-corrected chi connectivity index (χ0v) is 18.7. The summed E-state index contributed by atoms with van der Waals surface area (Å²) in [5, 5.41) is 5.58. The van der Waals surface area contributed by atoms with Gasteiger partial charge in [0, 0.05) is 10.6 Å². The number of rotatable bonds is 1. The van der Waals surface area contributed by atoms with Gasteiger partial charge in [-0.3, -0.25) is 0 Å². The van der Waals surface area contributed by atoms with Crippen LogP contribution in [0.25, 0.3) is 21.9 Å². The minimum Gasteiger partial charge on any atom is -0.456 e.